The van der Waals surface area contributed by atoms with E-state index in [4.69, 9.17) is 5.11 Å². The van der Waals surface area contributed by atoms with Gasteiger partial charge in [0.2, 0.25) is 0 Å². The maximum Gasteiger partial charge on any atom is 0.268 e. The van der Waals surface area contributed by atoms with Crippen molar-refractivity contribution in [2.24, 2.45) is 0 Å². The zero-order chi connectivity index (χ0) is 15.2. The van der Waals surface area contributed by atoms with Gasteiger partial charge in [0.05, 0.1) is 31.1 Å². The van der Waals surface area contributed by atoms with Gasteiger partial charge in [-0.1, -0.05) is 30.3 Å². The molecule has 1 atom stereocenters. The maximum atomic E-state index is 11.9. The maximum absolute atomic E-state index is 11.9. The van der Waals surface area contributed by atoms with E-state index in [9.17, 15) is 9.90 Å². The number of hydrogen-bond acceptors (Lipinski definition) is 5. The van der Waals surface area contributed by atoms with E-state index in [2.05, 4.69) is 5.10 Å². The van der Waals surface area contributed by atoms with Gasteiger partial charge < -0.3 is 15.1 Å². The van der Waals surface area contributed by atoms with Crippen molar-refractivity contribution in [3.63, 3.8) is 0 Å². The minimum Gasteiger partial charge on any atom is -0.394 e. The Balaban J connectivity index is 2.10. The Hall–Kier alpha value is -2.18. The van der Waals surface area contributed by atoms with Crippen molar-refractivity contribution in [1.29, 1.82) is 0 Å². The Morgan fingerprint density at radius 2 is 2.05 bits per heavy atom. The van der Waals surface area contributed by atoms with Gasteiger partial charge in [-0.3, -0.25) is 4.79 Å². The van der Waals surface area contributed by atoms with Crippen molar-refractivity contribution in [2.45, 2.75) is 19.2 Å². The van der Waals surface area contributed by atoms with E-state index < -0.39 is 12.7 Å². The van der Waals surface area contributed by atoms with Gasteiger partial charge in [0.1, 0.15) is 0 Å². The third-order valence-corrected chi connectivity index (χ3v) is 3.15. The zero-order valence-electron chi connectivity index (χ0n) is 11.9. The van der Waals surface area contributed by atoms with Crippen LogP contribution >= 0.6 is 0 Å². The third kappa shape index (κ3) is 4.14. The molecule has 0 aliphatic rings. The molecule has 112 valence electrons. The first kappa shape index (κ1) is 15.2. The lowest BCUT2D eigenvalue weighted by Gasteiger charge is -2.19. The van der Waals surface area contributed by atoms with Crippen LogP contribution in [0.5, 0.6) is 0 Å². The lowest BCUT2D eigenvalue weighted by Crippen LogP contribution is -2.31. The van der Waals surface area contributed by atoms with Gasteiger partial charge in [-0.2, -0.15) is 5.10 Å². The Bertz CT molecular complexity index is 628. The quantitative estimate of drug-likeness (QED) is 0.796. The molecule has 6 nitrogen and oxygen atoms in total. The van der Waals surface area contributed by atoms with Crippen molar-refractivity contribution >= 4 is 5.69 Å². The summed E-state index contributed by atoms with van der Waals surface area (Å²) < 4.78 is 1.14. The largest absolute Gasteiger partial charge is 0.394 e. The number of nitrogens with zero attached hydrogens (tertiary/aromatic N) is 3. The summed E-state index contributed by atoms with van der Waals surface area (Å²) in [4.78, 5) is 13.9. The summed E-state index contributed by atoms with van der Waals surface area (Å²) >= 11 is 0. The number of anilines is 1. The monoisotopic (exact) mass is 289 g/mol. The highest BCUT2D eigenvalue weighted by molar-refractivity contribution is 5.42. The molecular weight excluding hydrogens is 270 g/mol. The number of hydrogen-bond donors (Lipinski definition) is 2. The molecule has 1 aromatic heterocycles. The average molecular weight is 289 g/mol. The molecule has 21 heavy (non-hydrogen) atoms. The smallest absolute Gasteiger partial charge is 0.268 e. The van der Waals surface area contributed by atoms with Crippen molar-refractivity contribution in [3.8, 4) is 0 Å². The van der Waals surface area contributed by atoms with Gasteiger partial charge in [0.15, 0.2) is 0 Å². The second-order valence-electron chi connectivity index (χ2n) is 4.91. The molecule has 0 fully saturated rings. The lowest BCUT2D eigenvalue weighted by atomic mass is 10.2. The van der Waals surface area contributed by atoms with E-state index in [-0.39, 0.29) is 12.1 Å². The van der Waals surface area contributed by atoms with Crippen molar-refractivity contribution in [1.82, 2.24) is 9.78 Å². The van der Waals surface area contributed by atoms with Crippen LogP contribution in [0, 0.1) is 0 Å². The number of benzene rings is 1. The highest BCUT2D eigenvalue weighted by atomic mass is 16.3. The summed E-state index contributed by atoms with van der Waals surface area (Å²) in [5, 5.41) is 22.2. The van der Waals surface area contributed by atoms with Gasteiger partial charge in [-0.25, -0.2) is 4.68 Å². The summed E-state index contributed by atoms with van der Waals surface area (Å²) in [5.74, 6) is 0. The minimum atomic E-state index is -0.983. The molecule has 1 heterocycles. The second kappa shape index (κ2) is 7.01. The fourth-order valence-corrected chi connectivity index (χ4v) is 1.98. The molecular formula is C15H19N3O3. The number of aliphatic hydroxyl groups is 2. The normalized spacial score (nSPS) is 12.1. The molecule has 0 unspecified atom stereocenters. The lowest BCUT2D eigenvalue weighted by molar-refractivity contribution is 0.0770. The van der Waals surface area contributed by atoms with Crippen molar-refractivity contribution in [2.75, 3.05) is 18.6 Å². The van der Waals surface area contributed by atoms with Gasteiger partial charge in [-0.15, -0.1) is 0 Å². The van der Waals surface area contributed by atoms with Crippen LogP contribution in [-0.4, -0.2) is 39.8 Å². The Morgan fingerprint density at radius 1 is 1.33 bits per heavy atom. The van der Waals surface area contributed by atoms with Crippen molar-refractivity contribution < 1.29 is 10.2 Å². The van der Waals surface area contributed by atoms with Gasteiger partial charge in [0.25, 0.3) is 5.56 Å². The molecule has 0 spiro atoms. The molecule has 2 rings (SSSR count). The number of rotatable bonds is 6. The first-order chi connectivity index (χ1) is 10.1. The molecule has 0 amide bonds. The highest BCUT2D eigenvalue weighted by Crippen LogP contribution is 2.11. The minimum absolute atomic E-state index is 0.0159. The van der Waals surface area contributed by atoms with E-state index in [1.165, 1.54) is 6.07 Å². The van der Waals surface area contributed by atoms with E-state index in [1.807, 2.05) is 42.3 Å². The predicted octanol–water partition coefficient (Wildman–Crippen LogP) is 0.233. The van der Waals surface area contributed by atoms with Crippen molar-refractivity contribution in [3.05, 3.63) is 58.5 Å². The number of aromatic nitrogens is 2. The first-order valence-electron chi connectivity index (χ1n) is 6.71. The third-order valence-electron chi connectivity index (χ3n) is 3.15. The van der Waals surface area contributed by atoms with E-state index in [1.54, 1.807) is 6.20 Å². The predicted molar refractivity (Wildman–Crippen MR) is 80.1 cm³/mol. The molecule has 6 heteroatoms. The summed E-state index contributed by atoms with van der Waals surface area (Å²) in [5.41, 5.74) is 1.54. The number of aliphatic hydroxyl groups excluding tert-OH is 2. The summed E-state index contributed by atoms with van der Waals surface area (Å²) in [6.07, 6.45) is 0.595. The van der Waals surface area contributed by atoms with Crippen LogP contribution in [0.1, 0.15) is 5.56 Å². The zero-order valence-corrected chi connectivity index (χ0v) is 11.9. The van der Waals surface area contributed by atoms with E-state index in [0.29, 0.717) is 12.2 Å². The molecule has 1 aromatic carbocycles. The Morgan fingerprint density at radius 3 is 2.67 bits per heavy atom. The van der Waals surface area contributed by atoms with Crippen LogP contribution in [0.2, 0.25) is 0 Å². The SMILES string of the molecule is CN(Cc1ccccc1)c1cnn(C[C@@H](O)CO)c(=O)c1. The van der Waals surface area contributed by atoms with Crippen LogP contribution in [0.25, 0.3) is 0 Å². The van der Waals surface area contributed by atoms with Gasteiger partial charge in [0, 0.05) is 19.7 Å². The summed E-state index contributed by atoms with van der Waals surface area (Å²) in [7, 11) is 1.89. The molecule has 0 bridgehead atoms. The van der Waals surface area contributed by atoms with Gasteiger partial charge >= 0.3 is 0 Å². The molecule has 2 N–H and O–H groups in total. The Labute approximate surface area is 122 Å². The summed E-state index contributed by atoms with van der Waals surface area (Å²) in [6.45, 7) is 0.257. The topological polar surface area (TPSA) is 78.6 Å². The van der Waals surface area contributed by atoms with E-state index in [0.717, 1.165) is 10.2 Å². The second-order valence-corrected chi connectivity index (χ2v) is 4.91. The standard InChI is InChI=1S/C15H19N3O3/c1-17(9-12-5-3-2-4-6-12)13-7-15(21)18(16-8-13)10-14(20)11-19/h2-8,14,19-20H,9-11H2,1H3/t14-/m1/s1. The molecule has 0 saturated heterocycles. The highest BCUT2D eigenvalue weighted by Gasteiger charge is 2.08. The van der Waals surface area contributed by atoms with Crippen LogP contribution in [0.15, 0.2) is 47.4 Å². The Kier molecular flexibility index (Phi) is 5.08. The van der Waals surface area contributed by atoms with Crippen LogP contribution < -0.4 is 10.5 Å². The molecule has 0 aliphatic carbocycles. The molecule has 0 saturated carbocycles. The van der Waals surface area contributed by atoms with Crippen LogP contribution in [-0.2, 0) is 13.1 Å². The van der Waals surface area contributed by atoms with Crippen LogP contribution in [0.4, 0.5) is 5.69 Å². The first-order valence-corrected chi connectivity index (χ1v) is 6.71. The summed E-state index contributed by atoms with van der Waals surface area (Å²) in [6, 6.07) is 11.4. The molecule has 2 aromatic rings. The fourth-order valence-electron chi connectivity index (χ4n) is 1.98. The molecule has 0 aliphatic heterocycles. The van der Waals surface area contributed by atoms with E-state index >= 15 is 0 Å². The average Bonchev–Trinajstić information content (AvgIpc) is 2.50. The van der Waals surface area contributed by atoms with Crippen LogP contribution in [0.3, 0.4) is 0 Å². The fraction of sp³-hybridized carbons (Fsp3) is 0.333. The molecule has 0 radical (unpaired) electrons. The van der Waals surface area contributed by atoms with Gasteiger partial charge in [-0.05, 0) is 5.56 Å².